The standard InChI is InChI=1S/C14H15ClF3N3OS/c1-2-7-23-12-13(22)21(8-14(16,17)18)20-11(19-12)9-3-5-10(15)6-4-9/h3-6,12H,2,7-8H2,1H3,(H,19,20). The monoisotopic (exact) mass is 365 g/mol. The molecule has 0 radical (unpaired) electrons. The quantitative estimate of drug-likeness (QED) is 0.869. The number of aliphatic imine (C=N–C) groups is 1. The first kappa shape index (κ1) is 17.9. The van der Waals surface area contributed by atoms with E-state index in [1.165, 1.54) is 11.8 Å². The largest absolute Gasteiger partial charge is 0.408 e. The SMILES string of the molecule is CCCSC1N=C(c2ccc(Cl)cc2)NN(CC(F)(F)F)C1=O. The minimum atomic E-state index is -4.49. The van der Waals surface area contributed by atoms with Gasteiger partial charge in [0, 0.05) is 10.6 Å². The van der Waals surface area contributed by atoms with Crippen LogP contribution in [-0.2, 0) is 4.79 Å². The van der Waals surface area contributed by atoms with Crippen LogP contribution in [0.5, 0.6) is 0 Å². The first-order valence-corrected chi connectivity index (χ1v) is 8.33. The summed E-state index contributed by atoms with van der Waals surface area (Å²) in [5.41, 5.74) is 3.03. The van der Waals surface area contributed by atoms with Crippen LogP contribution in [0.3, 0.4) is 0 Å². The molecule has 1 aromatic carbocycles. The van der Waals surface area contributed by atoms with Crippen molar-refractivity contribution in [2.45, 2.75) is 24.9 Å². The first-order valence-electron chi connectivity index (χ1n) is 6.90. The zero-order valence-electron chi connectivity index (χ0n) is 12.2. The van der Waals surface area contributed by atoms with Crippen molar-refractivity contribution in [1.29, 1.82) is 0 Å². The van der Waals surface area contributed by atoms with E-state index in [-0.39, 0.29) is 5.84 Å². The molecule has 0 fully saturated rings. The predicted molar refractivity (Wildman–Crippen MR) is 85.4 cm³/mol. The average Bonchev–Trinajstić information content (AvgIpc) is 2.47. The van der Waals surface area contributed by atoms with Crippen LogP contribution in [0.15, 0.2) is 29.3 Å². The molecule has 0 aliphatic carbocycles. The second-order valence-corrected chi connectivity index (χ2v) is 6.48. The fourth-order valence-electron chi connectivity index (χ4n) is 1.90. The normalized spacial score (nSPS) is 18.7. The summed E-state index contributed by atoms with van der Waals surface area (Å²) in [4.78, 5) is 16.4. The Morgan fingerprint density at radius 2 is 2.00 bits per heavy atom. The molecule has 0 spiro atoms. The van der Waals surface area contributed by atoms with E-state index in [4.69, 9.17) is 11.6 Å². The van der Waals surface area contributed by atoms with Gasteiger partial charge < -0.3 is 0 Å². The van der Waals surface area contributed by atoms with Crippen LogP contribution in [0, 0.1) is 0 Å². The van der Waals surface area contributed by atoms with Crippen molar-refractivity contribution < 1.29 is 18.0 Å². The highest BCUT2D eigenvalue weighted by atomic mass is 35.5. The highest BCUT2D eigenvalue weighted by Crippen LogP contribution is 2.24. The highest BCUT2D eigenvalue weighted by molar-refractivity contribution is 8.00. The number of hydrazine groups is 1. The van der Waals surface area contributed by atoms with Crippen molar-refractivity contribution in [3.63, 3.8) is 0 Å². The maximum Gasteiger partial charge on any atom is 0.408 e. The minimum Gasteiger partial charge on any atom is -0.279 e. The predicted octanol–water partition coefficient (Wildman–Crippen LogP) is 3.47. The summed E-state index contributed by atoms with van der Waals surface area (Å²) in [5, 5.41) is 0.194. The van der Waals surface area contributed by atoms with Crippen molar-refractivity contribution in [3.05, 3.63) is 34.9 Å². The summed E-state index contributed by atoms with van der Waals surface area (Å²) >= 11 is 7.03. The van der Waals surface area contributed by atoms with Crippen LogP contribution in [0.4, 0.5) is 13.2 Å². The lowest BCUT2D eigenvalue weighted by atomic mass is 10.2. The molecule has 1 atom stereocenters. The third-order valence-corrected chi connectivity index (χ3v) is 4.42. The summed E-state index contributed by atoms with van der Waals surface area (Å²) in [6.45, 7) is 0.553. The van der Waals surface area contributed by atoms with E-state index in [9.17, 15) is 18.0 Å². The Bertz CT molecular complexity index is 592. The number of hydrogen-bond donors (Lipinski definition) is 1. The Morgan fingerprint density at radius 1 is 1.35 bits per heavy atom. The third-order valence-electron chi connectivity index (χ3n) is 2.90. The lowest BCUT2D eigenvalue weighted by molar-refractivity contribution is -0.165. The van der Waals surface area contributed by atoms with E-state index in [1.54, 1.807) is 24.3 Å². The molecule has 23 heavy (non-hydrogen) atoms. The van der Waals surface area contributed by atoms with Crippen LogP contribution in [0.25, 0.3) is 0 Å². The summed E-state index contributed by atoms with van der Waals surface area (Å²) < 4.78 is 38.0. The van der Waals surface area contributed by atoms with Gasteiger partial charge in [-0.1, -0.05) is 18.5 Å². The maximum absolute atomic E-state index is 12.7. The van der Waals surface area contributed by atoms with E-state index in [2.05, 4.69) is 10.4 Å². The number of halogens is 4. The molecule has 2 rings (SSSR count). The highest BCUT2D eigenvalue weighted by Gasteiger charge is 2.38. The van der Waals surface area contributed by atoms with Crippen molar-refractivity contribution in [1.82, 2.24) is 10.4 Å². The molecule has 1 N–H and O–H groups in total. The summed E-state index contributed by atoms with van der Waals surface area (Å²) in [7, 11) is 0. The molecule has 0 saturated carbocycles. The second kappa shape index (κ2) is 7.44. The number of alkyl halides is 3. The van der Waals surface area contributed by atoms with Gasteiger partial charge in [-0.25, -0.2) is 10.0 Å². The number of amidine groups is 1. The molecule has 1 aliphatic rings. The molecule has 4 nitrogen and oxygen atoms in total. The number of nitrogens with zero attached hydrogens (tertiary/aromatic N) is 2. The molecule has 1 heterocycles. The van der Waals surface area contributed by atoms with E-state index in [1.807, 2.05) is 6.92 Å². The van der Waals surface area contributed by atoms with Crippen LogP contribution in [0.2, 0.25) is 5.02 Å². The molecule has 1 aromatic rings. The molecule has 0 bridgehead atoms. The van der Waals surface area contributed by atoms with Gasteiger partial charge in [0.1, 0.15) is 12.4 Å². The van der Waals surface area contributed by atoms with Crippen molar-refractivity contribution in [2.24, 2.45) is 4.99 Å². The van der Waals surface area contributed by atoms with Gasteiger partial charge in [-0.2, -0.15) is 13.2 Å². The van der Waals surface area contributed by atoms with Gasteiger partial charge in [-0.15, -0.1) is 11.8 Å². The molecule has 1 aliphatic heterocycles. The summed E-state index contributed by atoms with van der Waals surface area (Å²) in [6.07, 6.45) is -3.70. The molecule has 0 saturated heterocycles. The van der Waals surface area contributed by atoms with Gasteiger partial charge in [0.05, 0.1) is 0 Å². The molecule has 9 heteroatoms. The fraction of sp³-hybridized carbons (Fsp3) is 0.429. The van der Waals surface area contributed by atoms with E-state index >= 15 is 0 Å². The summed E-state index contributed by atoms with van der Waals surface area (Å²) in [6, 6.07) is 6.49. The zero-order chi connectivity index (χ0) is 17.0. The number of amides is 1. The number of carbonyl (C=O) groups excluding carboxylic acids is 1. The van der Waals surface area contributed by atoms with Crippen molar-refractivity contribution in [2.75, 3.05) is 12.3 Å². The molecule has 0 aromatic heterocycles. The van der Waals surface area contributed by atoms with Gasteiger partial charge >= 0.3 is 6.18 Å². The smallest absolute Gasteiger partial charge is 0.279 e. The number of hydrogen-bond acceptors (Lipinski definition) is 4. The van der Waals surface area contributed by atoms with Crippen LogP contribution in [-0.4, -0.2) is 40.6 Å². The average molecular weight is 366 g/mol. The van der Waals surface area contributed by atoms with E-state index in [0.29, 0.717) is 21.3 Å². The van der Waals surface area contributed by atoms with Crippen LogP contribution < -0.4 is 5.43 Å². The Balaban J connectivity index is 2.28. The van der Waals surface area contributed by atoms with Crippen molar-refractivity contribution in [3.8, 4) is 0 Å². The number of thioether (sulfide) groups is 1. The van der Waals surface area contributed by atoms with Crippen molar-refractivity contribution >= 4 is 35.1 Å². The lowest BCUT2D eigenvalue weighted by Crippen LogP contribution is -2.56. The Morgan fingerprint density at radius 3 is 2.57 bits per heavy atom. The van der Waals surface area contributed by atoms with Gasteiger partial charge in [-0.05, 0) is 36.4 Å². The molecular formula is C14H15ClF3N3OS. The first-order chi connectivity index (χ1) is 10.8. The molecule has 1 unspecified atom stereocenters. The molecule has 126 valence electrons. The minimum absolute atomic E-state index is 0.221. The Hall–Kier alpha value is -1.41. The van der Waals surface area contributed by atoms with Gasteiger partial charge in [0.15, 0.2) is 5.37 Å². The van der Waals surface area contributed by atoms with Gasteiger partial charge in [0.25, 0.3) is 5.91 Å². The number of carbonyl (C=O) groups is 1. The fourth-order valence-corrected chi connectivity index (χ4v) is 2.93. The number of benzene rings is 1. The Kier molecular flexibility index (Phi) is 5.80. The van der Waals surface area contributed by atoms with E-state index < -0.39 is 24.0 Å². The van der Waals surface area contributed by atoms with Crippen LogP contribution in [0.1, 0.15) is 18.9 Å². The molecular weight excluding hydrogens is 351 g/mol. The Labute approximate surface area is 141 Å². The third kappa shape index (κ3) is 5.04. The van der Waals surface area contributed by atoms with Gasteiger partial charge in [-0.3, -0.25) is 10.2 Å². The summed E-state index contributed by atoms with van der Waals surface area (Å²) in [5.74, 6) is 0.158. The van der Waals surface area contributed by atoms with E-state index in [0.717, 1.165) is 6.42 Å². The lowest BCUT2D eigenvalue weighted by Gasteiger charge is -2.32. The maximum atomic E-state index is 12.7. The second-order valence-electron chi connectivity index (χ2n) is 4.86. The van der Waals surface area contributed by atoms with Gasteiger partial charge in [0.2, 0.25) is 0 Å². The number of rotatable bonds is 5. The number of nitrogens with one attached hydrogen (secondary N) is 1. The van der Waals surface area contributed by atoms with Crippen LogP contribution >= 0.6 is 23.4 Å². The molecule has 1 amide bonds. The zero-order valence-corrected chi connectivity index (χ0v) is 13.8. The topological polar surface area (TPSA) is 44.7 Å².